The minimum atomic E-state index is 0.688. The largest absolute Gasteiger partial charge is 0.375 e. The van der Waals surface area contributed by atoms with E-state index in [1.54, 1.807) is 0 Å². The standard InChI is InChI=1S/C12H18BrNO/c1-2-6-14-7-8-15-10-11-4-3-5-12(13)9-11/h3-5,9,14H,2,6-8,10H2,1H3. The van der Waals surface area contributed by atoms with Gasteiger partial charge in [-0.25, -0.2) is 0 Å². The van der Waals surface area contributed by atoms with E-state index < -0.39 is 0 Å². The summed E-state index contributed by atoms with van der Waals surface area (Å²) < 4.78 is 6.64. The van der Waals surface area contributed by atoms with Gasteiger partial charge in [0.1, 0.15) is 0 Å². The van der Waals surface area contributed by atoms with Crippen molar-refractivity contribution >= 4 is 15.9 Å². The van der Waals surface area contributed by atoms with E-state index in [0.29, 0.717) is 6.61 Å². The highest BCUT2D eigenvalue weighted by atomic mass is 79.9. The zero-order valence-electron chi connectivity index (χ0n) is 9.13. The lowest BCUT2D eigenvalue weighted by molar-refractivity contribution is 0.123. The SMILES string of the molecule is CCCNCCOCc1cccc(Br)c1. The van der Waals surface area contributed by atoms with Gasteiger partial charge in [-0.15, -0.1) is 0 Å². The zero-order valence-corrected chi connectivity index (χ0v) is 10.7. The molecule has 0 aliphatic carbocycles. The van der Waals surface area contributed by atoms with Crippen LogP contribution in [0.15, 0.2) is 28.7 Å². The predicted octanol–water partition coefficient (Wildman–Crippen LogP) is 2.97. The van der Waals surface area contributed by atoms with Gasteiger partial charge >= 0.3 is 0 Å². The van der Waals surface area contributed by atoms with Crippen LogP contribution in [-0.4, -0.2) is 19.7 Å². The van der Waals surface area contributed by atoms with Crippen LogP contribution in [0.5, 0.6) is 0 Å². The van der Waals surface area contributed by atoms with Gasteiger partial charge in [-0.3, -0.25) is 0 Å². The maximum atomic E-state index is 5.54. The molecule has 0 fully saturated rings. The lowest BCUT2D eigenvalue weighted by Gasteiger charge is -2.05. The van der Waals surface area contributed by atoms with Crippen LogP contribution in [0, 0.1) is 0 Å². The number of ether oxygens (including phenoxy) is 1. The number of nitrogens with one attached hydrogen (secondary N) is 1. The van der Waals surface area contributed by atoms with Gasteiger partial charge in [-0.1, -0.05) is 35.0 Å². The van der Waals surface area contributed by atoms with Gasteiger partial charge in [0, 0.05) is 11.0 Å². The Morgan fingerprint density at radius 1 is 1.33 bits per heavy atom. The molecule has 1 N–H and O–H groups in total. The van der Waals surface area contributed by atoms with Crippen LogP contribution in [0.2, 0.25) is 0 Å². The molecule has 0 aromatic heterocycles. The molecule has 1 rings (SSSR count). The maximum Gasteiger partial charge on any atom is 0.0717 e. The quantitative estimate of drug-likeness (QED) is 0.770. The Balaban J connectivity index is 2.10. The number of halogens is 1. The molecule has 1 aromatic carbocycles. The lowest BCUT2D eigenvalue weighted by atomic mass is 10.2. The molecule has 0 bridgehead atoms. The first-order chi connectivity index (χ1) is 7.33. The first kappa shape index (κ1) is 12.7. The molecule has 0 aliphatic heterocycles. The van der Waals surface area contributed by atoms with Gasteiger partial charge in [0.2, 0.25) is 0 Å². The average molecular weight is 272 g/mol. The van der Waals surface area contributed by atoms with Gasteiger partial charge in [0.15, 0.2) is 0 Å². The number of rotatable bonds is 7. The lowest BCUT2D eigenvalue weighted by Crippen LogP contribution is -2.20. The Morgan fingerprint density at radius 3 is 2.93 bits per heavy atom. The minimum Gasteiger partial charge on any atom is -0.375 e. The van der Waals surface area contributed by atoms with Crippen molar-refractivity contribution in [2.75, 3.05) is 19.7 Å². The van der Waals surface area contributed by atoms with E-state index in [1.807, 2.05) is 12.1 Å². The topological polar surface area (TPSA) is 21.3 Å². The van der Waals surface area contributed by atoms with Crippen molar-refractivity contribution in [1.82, 2.24) is 5.32 Å². The molecule has 0 aliphatic rings. The fraction of sp³-hybridized carbons (Fsp3) is 0.500. The van der Waals surface area contributed by atoms with Crippen LogP contribution < -0.4 is 5.32 Å². The van der Waals surface area contributed by atoms with Crippen LogP contribution in [0.3, 0.4) is 0 Å². The number of benzene rings is 1. The maximum absolute atomic E-state index is 5.54. The molecule has 0 radical (unpaired) electrons. The summed E-state index contributed by atoms with van der Waals surface area (Å²) >= 11 is 3.44. The highest BCUT2D eigenvalue weighted by molar-refractivity contribution is 9.10. The van der Waals surface area contributed by atoms with E-state index in [0.717, 1.165) is 24.2 Å². The van der Waals surface area contributed by atoms with E-state index >= 15 is 0 Å². The molecule has 0 saturated heterocycles. The van der Waals surface area contributed by atoms with Gasteiger partial charge in [0.25, 0.3) is 0 Å². The molecule has 0 saturated carbocycles. The highest BCUT2D eigenvalue weighted by Crippen LogP contribution is 2.12. The second-order valence-corrected chi connectivity index (χ2v) is 4.35. The Morgan fingerprint density at radius 2 is 2.20 bits per heavy atom. The second-order valence-electron chi connectivity index (χ2n) is 3.43. The Bertz CT molecular complexity index is 278. The summed E-state index contributed by atoms with van der Waals surface area (Å²) in [7, 11) is 0. The summed E-state index contributed by atoms with van der Waals surface area (Å²) in [5.74, 6) is 0. The highest BCUT2D eigenvalue weighted by Gasteiger charge is 1.94. The first-order valence-corrected chi connectivity index (χ1v) is 6.15. The molecule has 0 unspecified atom stereocenters. The van der Waals surface area contributed by atoms with Crippen LogP contribution in [0.1, 0.15) is 18.9 Å². The van der Waals surface area contributed by atoms with Crippen LogP contribution >= 0.6 is 15.9 Å². The molecule has 0 heterocycles. The fourth-order valence-corrected chi connectivity index (χ4v) is 1.71. The van der Waals surface area contributed by atoms with Gasteiger partial charge in [-0.2, -0.15) is 0 Å². The van der Waals surface area contributed by atoms with E-state index in [1.165, 1.54) is 12.0 Å². The van der Waals surface area contributed by atoms with Crippen molar-refractivity contribution in [3.63, 3.8) is 0 Å². The summed E-state index contributed by atoms with van der Waals surface area (Å²) in [5.41, 5.74) is 1.21. The van der Waals surface area contributed by atoms with E-state index in [4.69, 9.17) is 4.74 Å². The van der Waals surface area contributed by atoms with Crippen molar-refractivity contribution in [2.24, 2.45) is 0 Å². The van der Waals surface area contributed by atoms with Crippen molar-refractivity contribution in [3.8, 4) is 0 Å². The monoisotopic (exact) mass is 271 g/mol. The first-order valence-electron chi connectivity index (χ1n) is 5.36. The Hall–Kier alpha value is -0.380. The van der Waals surface area contributed by atoms with Crippen LogP contribution in [0.4, 0.5) is 0 Å². The smallest absolute Gasteiger partial charge is 0.0717 e. The van der Waals surface area contributed by atoms with Crippen LogP contribution in [-0.2, 0) is 11.3 Å². The zero-order chi connectivity index (χ0) is 10.9. The van der Waals surface area contributed by atoms with Crippen molar-refractivity contribution < 1.29 is 4.74 Å². The average Bonchev–Trinajstić information content (AvgIpc) is 2.23. The van der Waals surface area contributed by atoms with Crippen molar-refractivity contribution in [2.45, 2.75) is 20.0 Å². The third-order valence-electron chi connectivity index (χ3n) is 2.01. The summed E-state index contributed by atoms with van der Waals surface area (Å²) in [5, 5.41) is 3.30. The molecule has 0 amide bonds. The van der Waals surface area contributed by atoms with Gasteiger partial charge in [0.05, 0.1) is 13.2 Å². The molecule has 1 aromatic rings. The van der Waals surface area contributed by atoms with E-state index in [-0.39, 0.29) is 0 Å². The Kier molecular flexibility index (Phi) is 6.64. The molecular formula is C12H18BrNO. The normalized spacial score (nSPS) is 10.5. The third-order valence-corrected chi connectivity index (χ3v) is 2.50. The Labute approximate surface area is 100 Å². The summed E-state index contributed by atoms with van der Waals surface area (Å²) in [4.78, 5) is 0. The summed E-state index contributed by atoms with van der Waals surface area (Å²) in [6.45, 7) is 5.62. The summed E-state index contributed by atoms with van der Waals surface area (Å²) in [6.07, 6.45) is 1.17. The molecule has 0 atom stereocenters. The molecular weight excluding hydrogens is 254 g/mol. The molecule has 2 nitrogen and oxygen atoms in total. The third kappa shape index (κ3) is 5.92. The summed E-state index contributed by atoms with van der Waals surface area (Å²) in [6, 6.07) is 8.20. The van der Waals surface area contributed by atoms with Crippen molar-refractivity contribution in [3.05, 3.63) is 34.3 Å². The molecule has 3 heteroatoms. The number of hydrogen-bond donors (Lipinski definition) is 1. The van der Waals surface area contributed by atoms with Crippen molar-refractivity contribution in [1.29, 1.82) is 0 Å². The number of hydrogen-bond acceptors (Lipinski definition) is 2. The molecule has 15 heavy (non-hydrogen) atoms. The fourth-order valence-electron chi connectivity index (χ4n) is 1.26. The minimum absolute atomic E-state index is 0.688. The van der Waals surface area contributed by atoms with E-state index in [2.05, 4.69) is 40.3 Å². The molecule has 84 valence electrons. The van der Waals surface area contributed by atoms with E-state index in [9.17, 15) is 0 Å². The predicted molar refractivity (Wildman–Crippen MR) is 67.0 cm³/mol. The second kappa shape index (κ2) is 7.85. The van der Waals surface area contributed by atoms with Gasteiger partial charge < -0.3 is 10.1 Å². The van der Waals surface area contributed by atoms with Gasteiger partial charge in [-0.05, 0) is 30.7 Å². The molecule has 0 spiro atoms. The van der Waals surface area contributed by atoms with Crippen LogP contribution in [0.25, 0.3) is 0 Å².